The Morgan fingerprint density at radius 3 is 2.32 bits per heavy atom. The molecule has 53 heavy (non-hydrogen) atoms. The number of ether oxygens (including phenoxy) is 1. The third-order valence-electron chi connectivity index (χ3n) is 11.3. The van der Waals surface area contributed by atoms with Crippen LogP contribution in [0.5, 0.6) is 11.5 Å². The third kappa shape index (κ3) is 8.29. The lowest BCUT2D eigenvalue weighted by molar-refractivity contribution is -0.133. The van der Waals surface area contributed by atoms with Crippen molar-refractivity contribution in [2.75, 3.05) is 93.0 Å². The molecule has 5 heterocycles. The number of phenolic OH excluding ortho intramolecular Hbond substituents is 1. The highest BCUT2D eigenvalue weighted by Gasteiger charge is 2.32. The first kappa shape index (κ1) is 35.0. The van der Waals surface area contributed by atoms with Crippen molar-refractivity contribution >= 4 is 28.8 Å². The number of piperazine rings is 1. The number of amides is 1. The largest absolute Gasteiger partial charge is 0.507 e. The number of aromatic nitrogens is 2. The molecule has 0 unspecified atom stereocenters. The van der Waals surface area contributed by atoms with Crippen LogP contribution in [0.15, 0.2) is 78.9 Å². The maximum atomic E-state index is 13.3. The van der Waals surface area contributed by atoms with Crippen LogP contribution >= 0.6 is 0 Å². The van der Waals surface area contributed by atoms with Gasteiger partial charge in [0.2, 0.25) is 5.91 Å². The summed E-state index contributed by atoms with van der Waals surface area (Å²) in [5.74, 6) is 2.12. The van der Waals surface area contributed by atoms with E-state index in [1.165, 1.54) is 30.5 Å². The van der Waals surface area contributed by atoms with Gasteiger partial charge >= 0.3 is 0 Å². The minimum atomic E-state index is 0.0121. The van der Waals surface area contributed by atoms with E-state index >= 15 is 0 Å². The van der Waals surface area contributed by atoms with Gasteiger partial charge < -0.3 is 35.7 Å². The fourth-order valence-electron chi connectivity index (χ4n) is 8.07. The van der Waals surface area contributed by atoms with Gasteiger partial charge in [-0.05, 0) is 92.7 Å². The van der Waals surface area contributed by atoms with Gasteiger partial charge in [-0.1, -0.05) is 36.8 Å². The molecule has 0 saturated carbocycles. The number of carbonyl (C=O) groups excluding carboxylic acids is 1. The number of phenols is 1. The molecule has 12 heteroatoms. The summed E-state index contributed by atoms with van der Waals surface area (Å²) in [5.41, 5.74) is 15.4. The topological polar surface area (TPSA) is 127 Å². The summed E-state index contributed by atoms with van der Waals surface area (Å²) in [5, 5.41) is 20.9. The molecule has 3 aromatic carbocycles. The molecule has 0 bridgehead atoms. The normalized spacial score (nSPS) is 19.2. The van der Waals surface area contributed by atoms with Crippen molar-refractivity contribution in [3.63, 3.8) is 0 Å². The van der Waals surface area contributed by atoms with E-state index in [2.05, 4.69) is 71.7 Å². The van der Waals surface area contributed by atoms with Gasteiger partial charge in [0.15, 0.2) is 5.82 Å². The van der Waals surface area contributed by atoms with Crippen LogP contribution < -0.4 is 25.7 Å². The standard InChI is InChI=1S/C41H51N9O3/c42-41-38(26-37(43-44-41)36-9-2-3-10-39(36)51)49-27-35(28-49)53-34-8-6-7-33(25-34)47-21-23-48(24-22-47)40(52)29-46-19-15-31(16-20-46)30-11-13-32(14-12-30)45-50-17-4-1-5-18-50/h2-3,6-14,25-26,31,35,45,51H,1,4-5,15-24,27-29H2,(H2,42,44). The highest BCUT2D eigenvalue weighted by molar-refractivity contribution is 5.78. The van der Waals surface area contributed by atoms with Crippen molar-refractivity contribution in [2.45, 2.75) is 44.1 Å². The molecular weight excluding hydrogens is 667 g/mol. The van der Waals surface area contributed by atoms with E-state index in [1.807, 2.05) is 35.2 Å². The number of piperidine rings is 2. The Bertz CT molecular complexity index is 1850. The number of benzene rings is 3. The van der Waals surface area contributed by atoms with Crippen molar-refractivity contribution in [2.24, 2.45) is 0 Å². The van der Waals surface area contributed by atoms with Crippen LogP contribution in [0.2, 0.25) is 0 Å². The predicted molar refractivity (Wildman–Crippen MR) is 209 cm³/mol. The number of nitrogens with one attached hydrogen (secondary N) is 1. The van der Waals surface area contributed by atoms with E-state index in [9.17, 15) is 9.90 Å². The van der Waals surface area contributed by atoms with E-state index in [-0.39, 0.29) is 17.8 Å². The molecule has 0 radical (unpaired) electrons. The quantitative estimate of drug-likeness (QED) is 0.204. The van der Waals surface area contributed by atoms with Crippen LogP contribution in [0, 0.1) is 0 Å². The van der Waals surface area contributed by atoms with Crippen molar-refractivity contribution < 1.29 is 14.6 Å². The molecule has 4 aliphatic rings. The summed E-state index contributed by atoms with van der Waals surface area (Å²) in [6, 6.07) is 26.2. The predicted octanol–water partition coefficient (Wildman–Crippen LogP) is 5.04. The van der Waals surface area contributed by atoms with E-state index in [4.69, 9.17) is 10.5 Å². The van der Waals surface area contributed by atoms with Gasteiger partial charge in [0.05, 0.1) is 31.0 Å². The zero-order valence-corrected chi connectivity index (χ0v) is 30.4. The molecule has 0 spiro atoms. The van der Waals surface area contributed by atoms with Crippen molar-refractivity contribution in [1.29, 1.82) is 0 Å². The Labute approximate surface area is 312 Å². The van der Waals surface area contributed by atoms with Gasteiger partial charge in [0, 0.05) is 62.3 Å². The van der Waals surface area contributed by atoms with Gasteiger partial charge in [0.25, 0.3) is 0 Å². The van der Waals surface area contributed by atoms with E-state index in [0.717, 1.165) is 82.3 Å². The monoisotopic (exact) mass is 717 g/mol. The average Bonchev–Trinajstić information content (AvgIpc) is 3.18. The molecule has 0 aliphatic carbocycles. The Kier molecular flexibility index (Phi) is 10.5. The second-order valence-corrected chi connectivity index (χ2v) is 14.9. The molecular formula is C41H51N9O3. The zero-order valence-electron chi connectivity index (χ0n) is 30.4. The minimum Gasteiger partial charge on any atom is -0.507 e. The SMILES string of the molecule is Nc1nnc(-c2ccccc2O)cc1N1CC(Oc2cccc(N3CCN(C(=O)CN4CCC(c5ccc(NN6CCCCC6)cc5)CC4)CC3)c2)C1. The smallest absolute Gasteiger partial charge is 0.236 e. The van der Waals surface area contributed by atoms with E-state index in [0.29, 0.717) is 42.6 Å². The Morgan fingerprint density at radius 2 is 1.57 bits per heavy atom. The summed E-state index contributed by atoms with van der Waals surface area (Å²) in [6.45, 7) is 9.04. The van der Waals surface area contributed by atoms with Crippen LogP contribution in [0.3, 0.4) is 0 Å². The number of para-hydroxylation sites is 1. The lowest BCUT2D eigenvalue weighted by Gasteiger charge is -2.41. The number of nitrogen functional groups attached to an aromatic ring is 1. The van der Waals surface area contributed by atoms with E-state index < -0.39 is 0 Å². The summed E-state index contributed by atoms with van der Waals surface area (Å²) in [4.78, 5) is 22.2. The molecule has 4 fully saturated rings. The number of rotatable bonds is 10. The number of aromatic hydroxyl groups is 1. The van der Waals surface area contributed by atoms with Crippen molar-refractivity contribution in [3.8, 4) is 22.8 Å². The second-order valence-electron chi connectivity index (χ2n) is 14.9. The third-order valence-corrected chi connectivity index (χ3v) is 11.3. The number of nitrogens with two attached hydrogens (primary N) is 1. The molecule has 278 valence electrons. The van der Waals surface area contributed by atoms with Crippen LogP contribution in [0.25, 0.3) is 11.3 Å². The van der Waals surface area contributed by atoms with E-state index in [1.54, 1.807) is 12.1 Å². The number of hydrazine groups is 1. The van der Waals surface area contributed by atoms with Gasteiger partial charge in [-0.25, -0.2) is 5.01 Å². The average molecular weight is 718 g/mol. The Hall–Kier alpha value is -5.07. The Balaban J connectivity index is 0.767. The molecule has 1 aromatic heterocycles. The van der Waals surface area contributed by atoms with Crippen LogP contribution in [0.1, 0.15) is 43.6 Å². The minimum absolute atomic E-state index is 0.0121. The summed E-state index contributed by atoms with van der Waals surface area (Å²) >= 11 is 0. The number of hydrogen-bond acceptors (Lipinski definition) is 11. The molecule has 1 amide bonds. The first-order chi connectivity index (χ1) is 25.9. The fraction of sp³-hybridized carbons (Fsp3) is 0.439. The zero-order chi connectivity index (χ0) is 36.1. The van der Waals surface area contributed by atoms with Gasteiger partial charge in [-0.15, -0.1) is 10.2 Å². The summed E-state index contributed by atoms with van der Waals surface area (Å²) in [6.07, 6.45) is 6.06. The summed E-state index contributed by atoms with van der Waals surface area (Å²) < 4.78 is 6.36. The second kappa shape index (κ2) is 15.9. The fourth-order valence-corrected chi connectivity index (χ4v) is 8.07. The van der Waals surface area contributed by atoms with Crippen LogP contribution in [0.4, 0.5) is 22.9 Å². The van der Waals surface area contributed by atoms with Crippen molar-refractivity contribution in [1.82, 2.24) is 25.0 Å². The number of nitrogens with zero attached hydrogens (tertiary/aromatic N) is 7. The van der Waals surface area contributed by atoms with Gasteiger partial charge in [-0.3, -0.25) is 9.69 Å². The van der Waals surface area contributed by atoms with Crippen LogP contribution in [-0.2, 0) is 4.79 Å². The number of anilines is 4. The molecule has 12 nitrogen and oxygen atoms in total. The van der Waals surface area contributed by atoms with Gasteiger partial charge in [-0.2, -0.15) is 0 Å². The maximum absolute atomic E-state index is 13.3. The number of carbonyl (C=O) groups is 1. The molecule has 4 aromatic rings. The first-order valence-corrected chi connectivity index (χ1v) is 19.2. The summed E-state index contributed by atoms with van der Waals surface area (Å²) in [7, 11) is 0. The van der Waals surface area contributed by atoms with Gasteiger partial charge in [0.1, 0.15) is 17.6 Å². The van der Waals surface area contributed by atoms with Crippen LogP contribution in [-0.4, -0.2) is 114 Å². The number of likely N-dealkylation sites (tertiary alicyclic amines) is 1. The highest BCUT2D eigenvalue weighted by atomic mass is 16.5. The Morgan fingerprint density at radius 1 is 0.811 bits per heavy atom. The molecule has 4 N–H and O–H groups in total. The molecule has 4 aliphatic heterocycles. The molecule has 8 rings (SSSR count). The number of hydrogen-bond donors (Lipinski definition) is 3. The first-order valence-electron chi connectivity index (χ1n) is 19.2. The maximum Gasteiger partial charge on any atom is 0.236 e. The van der Waals surface area contributed by atoms with Crippen molar-refractivity contribution in [3.05, 3.63) is 84.4 Å². The highest BCUT2D eigenvalue weighted by Crippen LogP contribution is 2.34. The molecule has 4 saturated heterocycles. The lowest BCUT2D eigenvalue weighted by Crippen LogP contribution is -2.54. The lowest BCUT2D eigenvalue weighted by atomic mass is 9.89. The molecule has 0 atom stereocenters.